The maximum absolute atomic E-state index is 13.9. The maximum Gasteiger partial charge on any atom is 0.270 e. The van der Waals surface area contributed by atoms with E-state index < -0.39 is 0 Å². The summed E-state index contributed by atoms with van der Waals surface area (Å²) in [5, 5.41) is 3.16. The van der Waals surface area contributed by atoms with Gasteiger partial charge in [-0.15, -0.1) is 0 Å². The highest BCUT2D eigenvalue weighted by Gasteiger charge is 2.41. The summed E-state index contributed by atoms with van der Waals surface area (Å²) in [7, 11) is 0. The van der Waals surface area contributed by atoms with Crippen molar-refractivity contribution in [2.75, 3.05) is 59.1 Å². The highest BCUT2D eigenvalue weighted by Crippen LogP contribution is 2.30. The second-order valence-corrected chi connectivity index (χ2v) is 11.9. The molecule has 3 amide bonds. The normalized spacial score (nSPS) is 28.1. The Labute approximate surface area is 237 Å². The van der Waals surface area contributed by atoms with Gasteiger partial charge in [-0.1, -0.05) is 25.3 Å². The van der Waals surface area contributed by atoms with Crippen LogP contribution in [0.4, 0.5) is 0 Å². The zero-order chi connectivity index (χ0) is 27.9. The summed E-state index contributed by atoms with van der Waals surface area (Å²) in [4.78, 5) is 50.0. The molecule has 10 heteroatoms. The van der Waals surface area contributed by atoms with Crippen LogP contribution in [0.15, 0.2) is 18.2 Å². The molecule has 3 fully saturated rings. The van der Waals surface area contributed by atoms with Gasteiger partial charge in [-0.3, -0.25) is 19.3 Å². The number of nitrogens with zero attached hydrogens (tertiary/aromatic N) is 4. The van der Waals surface area contributed by atoms with E-state index >= 15 is 0 Å². The molecule has 6 rings (SSSR count). The van der Waals surface area contributed by atoms with E-state index in [4.69, 9.17) is 9.47 Å². The molecular formula is C30H45N5O5. The summed E-state index contributed by atoms with van der Waals surface area (Å²) < 4.78 is 11.4. The van der Waals surface area contributed by atoms with Crippen LogP contribution in [0.5, 0.6) is 5.88 Å². The predicted molar refractivity (Wildman–Crippen MR) is 150 cm³/mol. The molecule has 10 nitrogen and oxygen atoms in total. The average Bonchev–Trinajstić information content (AvgIpc) is 3.36. The van der Waals surface area contributed by atoms with Gasteiger partial charge in [0.2, 0.25) is 17.7 Å². The molecule has 0 spiro atoms. The van der Waals surface area contributed by atoms with Crippen LogP contribution >= 0.6 is 0 Å². The van der Waals surface area contributed by atoms with E-state index in [1.165, 1.54) is 32.1 Å². The minimum atomic E-state index is -0.242. The monoisotopic (exact) mass is 555 g/mol. The smallest absolute Gasteiger partial charge is 0.270 e. The van der Waals surface area contributed by atoms with Gasteiger partial charge in [0.15, 0.2) is 0 Å². The quantitative estimate of drug-likeness (QED) is 0.559. The Morgan fingerprint density at radius 2 is 1.80 bits per heavy atom. The second kappa shape index (κ2) is 13.8. The number of ether oxygens (including phenoxy) is 2. The molecule has 1 aromatic rings. The fourth-order valence-corrected chi connectivity index (χ4v) is 6.77. The van der Waals surface area contributed by atoms with Crippen molar-refractivity contribution < 1.29 is 23.9 Å². The van der Waals surface area contributed by atoms with Gasteiger partial charge < -0.3 is 24.6 Å². The van der Waals surface area contributed by atoms with Gasteiger partial charge in [0.25, 0.3) is 5.91 Å². The number of nitrogens with one attached hydrogen (secondary N) is 1. The third kappa shape index (κ3) is 7.51. The van der Waals surface area contributed by atoms with Gasteiger partial charge in [0, 0.05) is 58.3 Å². The first-order chi connectivity index (χ1) is 19.5. The summed E-state index contributed by atoms with van der Waals surface area (Å²) in [6.07, 6.45) is 8.65. The van der Waals surface area contributed by atoms with Crippen molar-refractivity contribution in [3.05, 3.63) is 23.9 Å². The van der Waals surface area contributed by atoms with Crippen molar-refractivity contribution in [3.8, 4) is 5.88 Å². The summed E-state index contributed by atoms with van der Waals surface area (Å²) in [5.41, 5.74) is 0.303. The highest BCUT2D eigenvalue weighted by molar-refractivity contribution is 5.92. The fraction of sp³-hybridized carbons (Fsp3) is 0.733. The van der Waals surface area contributed by atoms with Crippen LogP contribution in [0.25, 0.3) is 0 Å². The number of carbonyl (C=O) groups is 3. The number of hydrogen-bond donors (Lipinski definition) is 1. The van der Waals surface area contributed by atoms with E-state index in [-0.39, 0.29) is 29.8 Å². The number of aromatic nitrogens is 1. The fourth-order valence-electron chi connectivity index (χ4n) is 6.77. The third-order valence-corrected chi connectivity index (χ3v) is 9.03. The maximum atomic E-state index is 13.9. The van der Waals surface area contributed by atoms with E-state index in [1.54, 1.807) is 25.1 Å². The zero-order valence-electron chi connectivity index (χ0n) is 23.9. The molecule has 1 aliphatic carbocycles. The van der Waals surface area contributed by atoms with Gasteiger partial charge in [-0.05, 0) is 50.0 Å². The van der Waals surface area contributed by atoms with E-state index in [1.807, 2.05) is 9.80 Å². The van der Waals surface area contributed by atoms with E-state index in [0.717, 1.165) is 19.4 Å². The van der Waals surface area contributed by atoms with Crippen molar-refractivity contribution in [3.63, 3.8) is 0 Å². The number of piperidine rings is 1. The number of carbonyl (C=O) groups excluding carboxylic acids is 3. The molecule has 6 bridgehead atoms. The molecule has 1 aromatic heterocycles. The van der Waals surface area contributed by atoms with E-state index in [9.17, 15) is 14.4 Å². The van der Waals surface area contributed by atoms with Gasteiger partial charge in [0.05, 0.1) is 19.3 Å². The lowest BCUT2D eigenvalue weighted by atomic mass is 9.88. The molecule has 1 saturated carbocycles. The minimum Gasteiger partial charge on any atom is -0.475 e. The first kappa shape index (κ1) is 28.8. The van der Waals surface area contributed by atoms with Gasteiger partial charge in [-0.2, -0.15) is 0 Å². The van der Waals surface area contributed by atoms with Crippen molar-refractivity contribution in [1.29, 1.82) is 0 Å². The topological polar surface area (TPSA) is 104 Å². The molecule has 0 aromatic carbocycles. The van der Waals surface area contributed by atoms with Gasteiger partial charge in [0.1, 0.15) is 12.3 Å². The Balaban J connectivity index is 1.32. The first-order valence-electron chi connectivity index (χ1n) is 15.2. The first-order valence-corrected chi connectivity index (χ1v) is 15.2. The molecule has 220 valence electrons. The van der Waals surface area contributed by atoms with Crippen LogP contribution in [0.1, 0.15) is 68.8 Å². The number of rotatable bonds is 2. The average molecular weight is 556 g/mol. The molecule has 2 saturated heterocycles. The molecular weight excluding hydrogens is 510 g/mol. The molecule has 40 heavy (non-hydrogen) atoms. The molecule has 0 unspecified atom stereocenters. The lowest BCUT2D eigenvalue weighted by molar-refractivity contribution is -0.138. The lowest BCUT2D eigenvalue weighted by Gasteiger charge is -2.37. The van der Waals surface area contributed by atoms with Crippen molar-refractivity contribution in [1.82, 2.24) is 25.0 Å². The Bertz CT molecular complexity index is 1020. The minimum absolute atomic E-state index is 0.0466. The molecule has 5 aliphatic rings. The van der Waals surface area contributed by atoms with Crippen LogP contribution in [-0.2, 0) is 14.3 Å². The van der Waals surface area contributed by atoms with Crippen LogP contribution in [0.3, 0.4) is 0 Å². The zero-order valence-corrected chi connectivity index (χ0v) is 23.9. The number of pyridine rings is 1. The van der Waals surface area contributed by atoms with Gasteiger partial charge in [-0.25, -0.2) is 4.98 Å². The van der Waals surface area contributed by atoms with Crippen molar-refractivity contribution in [2.45, 2.75) is 70.4 Å². The lowest BCUT2D eigenvalue weighted by Crippen LogP contribution is -2.50. The molecule has 5 heterocycles. The number of amides is 3. The van der Waals surface area contributed by atoms with E-state index in [0.29, 0.717) is 82.4 Å². The summed E-state index contributed by atoms with van der Waals surface area (Å²) in [6.45, 7) is 6.94. The number of hydrogen-bond acceptors (Lipinski definition) is 7. The van der Waals surface area contributed by atoms with Crippen molar-refractivity contribution >= 4 is 17.7 Å². The Morgan fingerprint density at radius 3 is 2.58 bits per heavy atom. The van der Waals surface area contributed by atoms with Gasteiger partial charge >= 0.3 is 0 Å². The molecule has 2 atom stereocenters. The highest BCUT2D eigenvalue weighted by atomic mass is 16.5. The third-order valence-electron chi connectivity index (χ3n) is 9.03. The SMILES string of the molecule is CC(=O)N1CCOCCOc2cccc(n2)C(=O)N[C@H]2C[C@@H](C(=O)N3CCC(CC3)C1)N(CC1CCCCC1)C2. The predicted octanol–water partition coefficient (Wildman–Crippen LogP) is 2.33. The van der Waals surface area contributed by atoms with Crippen LogP contribution < -0.4 is 10.1 Å². The summed E-state index contributed by atoms with van der Waals surface area (Å²) >= 11 is 0. The molecule has 4 aliphatic heterocycles. The van der Waals surface area contributed by atoms with E-state index in [2.05, 4.69) is 15.2 Å². The second-order valence-electron chi connectivity index (χ2n) is 11.9. The Morgan fingerprint density at radius 1 is 1.00 bits per heavy atom. The summed E-state index contributed by atoms with van der Waals surface area (Å²) in [6, 6.07) is 4.85. The van der Waals surface area contributed by atoms with Crippen LogP contribution in [0, 0.1) is 11.8 Å². The molecule has 0 radical (unpaired) electrons. The number of likely N-dealkylation sites (tertiary alicyclic amines) is 1. The standard InChI is InChI=1S/C30H45N5O5/c1-22(36)34-14-15-39-16-17-40-28-9-5-8-26(32-28)29(37)31-25-18-27(30(38)33-12-10-24(19-34)11-13-33)35(21-25)20-23-6-3-2-4-7-23/h5,8-9,23-25,27H,2-4,6-7,10-21H2,1H3,(H,31,37)/t25-,27-/m0/s1. The number of fused-ring (bicyclic) bond motifs is 10. The van der Waals surface area contributed by atoms with Crippen LogP contribution in [0.2, 0.25) is 0 Å². The molecule has 1 N–H and O–H groups in total. The Hall–Kier alpha value is -2.72. The Kier molecular flexibility index (Phi) is 9.91. The largest absolute Gasteiger partial charge is 0.475 e. The van der Waals surface area contributed by atoms with Crippen LogP contribution in [-0.4, -0.2) is 109 Å². The summed E-state index contributed by atoms with van der Waals surface area (Å²) in [5.74, 6) is 1.34. The van der Waals surface area contributed by atoms with Crippen molar-refractivity contribution in [2.24, 2.45) is 11.8 Å².